The summed E-state index contributed by atoms with van der Waals surface area (Å²) < 4.78 is 0.209. The largest absolute Gasteiger partial charge is 0.392 e. The van der Waals surface area contributed by atoms with Gasteiger partial charge in [-0.15, -0.1) is 0 Å². The summed E-state index contributed by atoms with van der Waals surface area (Å²) in [5, 5.41) is 3.04. The van der Waals surface area contributed by atoms with Crippen LogP contribution >= 0.6 is 24.0 Å². The van der Waals surface area contributed by atoms with E-state index in [9.17, 15) is 4.79 Å². The smallest absolute Gasteiger partial charge is 0.232 e. The Morgan fingerprint density at radius 3 is 2.39 bits per heavy atom. The molecule has 0 aromatic rings. The molecule has 0 bridgehead atoms. The molecule has 0 radical (unpaired) electrons. The maximum Gasteiger partial charge on any atom is 0.232 e. The van der Waals surface area contributed by atoms with Crippen LogP contribution in [0, 0.1) is 5.41 Å². The van der Waals surface area contributed by atoms with E-state index in [4.69, 9.17) is 18.0 Å². The molecule has 104 valence electrons. The molecule has 1 saturated carbocycles. The van der Waals surface area contributed by atoms with Gasteiger partial charge in [0.1, 0.15) is 0 Å². The zero-order valence-electron chi connectivity index (χ0n) is 11.5. The first-order valence-corrected chi connectivity index (χ1v) is 8.11. The van der Waals surface area contributed by atoms with Gasteiger partial charge in [-0.25, -0.2) is 0 Å². The van der Waals surface area contributed by atoms with E-state index in [2.05, 4.69) is 11.6 Å². The van der Waals surface area contributed by atoms with Crippen LogP contribution in [0.5, 0.6) is 0 Å². The van der Waals surface area contributed by atoms with Crippen molar-refractivity contribution >= 4 is 34.9 Å². The Morgan fingerprint density at radius 2 is 1.94 bits per heavy atom. The molecular weight excluding hydrogens is 264 g/mol. The van der Waals surface area contributed by atoms with Crippen LogP contribution < -0.4 is 11.1 Å². The summed E-state index contributed by atoms with van der Waals surface area (Å²) in [7, 11) is 0. The number of hydrogen-bond acceptors (Lipinski definition) is 3. The first-order valence-electron chi connectivity index (χ1n) is 6.47. The zero-order chi connectivity index (χ0) is 13.8. The third-order valence-electron chi connectivity index (χ3n) is 3.95. The highest BCUT2D eigenvalue weighted by atomic mass is 32.2. The van der Waals surface area contributed by atoms with Crippen molar-refractivity contribution in [3.05, 3.63) is 0 Å². The molecule has 0 heterocycles. The highest BCUT2D eigenvalue weighted by Gasteiger charge is 2.35. The number of carbonyl (C=O) groups is 1. The summed E-state index contributed by atoms with van der Waals surface area (Å²) in [5.74, 6) is -0.0611. The molecule has 0 aliphatic heterocycles. The van der Waals surface area contributed by atoms with Crippen molar-refractivity contribution in [3.8, 4) is 0 Å². The molecule has 3 nitrogen and oxygen atoms in total. The van der Waals surface area contributed by atoms with Gasteiger partial charge in [-0.3, -0.25) is 4.79 Å². The Morgan fingerprint density at radius 1 is 1.39 bits per heavy atom. The van der Waals surface area contributed by atoms with Crippen LogP contribution in [0.2, 0.25) is 0 Å². The minimum Gasteiger partial charge on any atom is -0.392 e. The second-order valence-corrected chi connectivity index (χ2v) is 7.33. The van der Waals surface area contributed by atoms with E-state index < -0.39 is 5.41 Å². The fourth-order valence-electron chi connectivity index (χ4n) is 2.22. The average Bonchev–Trinajstić information content (AvgIpc) is 2.36. The van der Waals surface area contributed by atoms with Gasteiger partial charge in [-0.1, -0.05) is 31.5 Å². The van der Waals surface area contributed by atoms with Crippen LogP contribution in [0.25, 0.3) is 0 Å². The van der Waals surface area contributed by atoms with Crippen LogP contribution in [0.15, 0.2) is 0 Å². The number of carbonyl (C=O) groups excluding carboxylic acids is 1. The molecule has 18 heavy (non-hydrogen) atoms. The minimum atomic E-state index is -0.760. The topological polar surface area (TPSA) is 55.1 Å². The lowest BCUT2D eigenvalue weighted by molar-refractivity contribution is -0.126. The Bertz CT molecular complexity index is 323. The SMILES string of the molecule is CSC1(CNC(=O)C(C)(C)C(N)=S)CCCCC1. The number of nitrogens with one attached hydrogen (secondary N) is 1. The van der Waals surface area contributed by atoms with Gasteiger partial charge in [-0.05, 0) is 32.9 Å². The number of amides is 1. The maximum atomic E-state index is 12.1. The molecule has 1 rings (SSSR count). The molecule has 0 saturated heterocycles. The summed E-state index contributed by atoms with van der Waals surface area (Å²) in [6, 6.07) is 0. The first kappa shape index (κ1) is 15.8. The monoisotopic (exact) mass is 288 g/mol. The maximum absolute atomic E-state index is 12.1. The molecule has 1 aliphatic rings. The van der Waals surface area contributed by atoms with Crippen LogP contribution in [0.3, 0.4) is 0 Å². The van der Waals surface area contributed by atoms with Gasteiger partial charge in [0.15, 0.2) is 0 Å². The summed E-state index contributed by atoms with van der Waals surface area (Å²) in [6.07, 6.45) is 8.33. The fourth-order valence-corrected chi connectivity index (χ4v) is 3.23. The number of rotatable bonds is 5. The Hall–Kier alpha value is -0.290. The Labute approximate surface area is 120 Å². The van der Waals surface area contributed by atoms with Crippen LogP contribution in [-0.2, 0) is 4.79 Å². The molecule has 1 fully saturated rings. The van der Waals surface area contributed by atoms with Crippen molar-refractivity contribution in [1.29, 1.82) is 0 Å². The van der Waals surface area contributed by atoms with E-state index in [1.807, 2.05) is 11.8 Å². The first-order chi connectivity index (χ1) is 8.34. The molecule has 0 aromatic heterocycles. The Balaban J connectivity index is 2.58. The summed E-state index contributed by atoms with van der Waals surface area (Å²) >= 11 is 6.82. The second-order valence-electron chi connectivity index (χ2n) is 5.62. The van der Waals surface area contributed by atoms with Gasteiger partial charge in [0.05, 0.1) is 10.4 Å². The summed E-state index contributed by atoms with van der Waals surface area (Å²) in [6.45, 7) is 4.27. The van der Waals surface area contributed by atoms with Gasteiger partial charge in [0.2, 0.25) is 5.91 Å². The van der Waals surface area contributed by atoms with Gasteiger partial charge >= 0.3 is 0 Å². The lowest BCUT2D eigenvalue weighted by Gasteiger charge is -2.36. The fraction of sp³-hybridized carbons (Fsp3) is 0.846. The summed E-state index contributed by atoms with van der Waals surface area (Å²) in [5.41, 5.74) is 4.85. The molecule has 0 unspecified atom stereocenters. The lowest BCUT2D eigenvalue weighted by atomic mass is 9.87. The van der Waals surface area contributed by atoms with Crippen molar-refractivity contribution in [2.24, 2.45) is 11.1 Å². The third kappa shape index (κ3) is 3.60. The quantitative estimate of drug-likeness (QED) is 0.763. The molecule has 0 atom stereocenters. The molecule has 5 heteroatoms. The van der Waals surface area contributed by atoms with Crippen LogP contribution in [0.1, 0.15) is 46.0 Å². The van der Waals surface area contributed by atoms with Gasteiger partial charge < -0.3 is 11.1 Å². The highest BCUT2D eigenvalue weighted by molar-refractivity contribution is 8.00. The molecule has 3 N–H and O–H groups in total. The average molecular weight is 288 g/mol. The Kier molecular flexibility index (Phi) is 5.46. The van der Waals surface area contributed by atoms with Gasteiger partial charge in [0.25, 0.3) is 0 Å². The van der Waals surface area contributed by atoms with E-state index in [1.165, 1.54) is 32.1 Å². The molecule has 0 aromatic carbocycles. The van der Waals surface area contributed by atoms with Crippen molar-refractivity contribution in [2.75, 3.05) is 12.8 Å². The highest BCUT2D eigenvalue weighted by Crippen LogP contribution is 2.38. The van der Waals surface area contributed by atoms with Crippen molar-refractivity contribution in [1.82, 2.24) is 5.32 Å². The number of thioether (sulfide) groups is 1. The molecule has 1 amide bonds. The van der Waals surface area contributed by atoms with Gasteiger partial charge in [0, 0.05) is 11.3 Å². The third-order valence-corrected chi connectivity index (χ3v) is 5.88. The normalized spacial score (nSPS) is 19.3. The van der Waals surface area contributed by atoms with E-state index in [-0.39, 0.29) is 15.6 Å². The van der Waals surface area contributed by atoms with Gasteiger partial charge in [-0.2, -0.15) is 11.8 Å². The molecular formula is C13H24N2OS2. The second kappa shape index (κ2) is 6.24. The summed E-state index contributed by atoms with van der Waals surface area (Å²) in [4.78, 5) is 12.4. The van der Waals surface area contributed by atoms with E-state index in [0.717, 1.165) is 6.54 Å². The van der Waals surface area contributed by atoms with Crippen molar-refractivity contribution in [3.63, 3.8) is 0 Å². The predicted molar refractivity (Wildman–Crippen MR) is 82.9 cm³/mol. The van der Waals surface area contributed by atoms with Crippen LogP contribution in [-0.4, -0.2) is 28.4 Å². The molecule has 1 aliphatic carbocycles. The lowest BCUT2D eigenvalue weighted by Crippen LogP contribution is -2.49. The molecule has 0 spiro atoms. The van der Waals surface area contributed by atoms with E-state index >= 15 is 0 Å². The van der Waals surface area contributed by atoms with Crippen LogP contribution in [0.4, 0.5) is 0 Å². The van der Waals surface area contributed by atoms with E-state index in [0.29, 0.717) is 0 Å². The zero-order valence-corrected chi connectivity index (χ0v) is 13.2. The standard InChI is InChI=1S/C13H24N2OS2/c1-12(2,10(14)17)11(16)15-9-13(18-3)7-5-4-6-8-13/h4-9H2,1-3H3,(H2,14,17)(H,15,16). The van der Waals surface area contributed by atoms with Crippen molar-refractivity contribution < 1.29 is 4.79 Å². The number of thiocarbonyl (C=S) groups is 1. The minimum absolute atomic E-state index is 0.0611. The number of nitrogens with two attached hydrogens (primary N) is 1. The number of hydrogen-bond donors (Lipinski definition) is 2. The predicted octanol–water partition coefficient (Wildman–Crippen LogP) is 2.48. The van der Waals surface area contributed by atoms with Crippen molar-refractivity contribution in [2.45, 2.75) is 50.7 Å². The van der Waals surface area contributed by atoms with E-state index in [1.54, 1.807) is 13.8 Å².